The van der Waals surface area contributed by atoms with Gasteiger partial charge in [-0.2, -0.15) is 0 Å². The number of benzene rings is 1. The van der Waals surface area contributed by atoms with Gasteiger partial charge in [-0.1, -0.05) is 78.0 Å². The van der Waals surface area contributed by atoms with Crippen molar-refractivity contribution in [1.82, 2.24) is 10.6 Å². The SMILES string of the molecule is CC1(C)OB(C2C=CC(NCc3cccc(CNCCC(O[Si](C)(C)C(C)(C)C)O[Si](C)(C)C(C)(C)C)c3)=CC2)OC1(C)C. The third kappa shape index (κ3) is 9.66. The van der Waals surface area contributed by atoms with E-state index in [1.54, 1.807) is 0 Å². The Balaban J connectivity index is 1.50. The molecule has 2 aliphatic rings. The van der Waals surface area contributed by atoms with Crippen LogP contribution in [0.3, 0.4) is 0 Å². The van der Waals surface area contributed by atoms with Crippen LogP contribution in [0.5, 0.6) is 0 Å². The molecule has 0 bridgehead atoms. The second-order valence-corrected chi connectivity index (χ2v) is 26.4. The monoisotopic (exact) mass is 642 g/mol. The predicted octanol–water partition coefficient (Wildman–Crippen LogP) is 8.93. The fraction of sp³-hybridized carbons (Fsp3) is 0.714. The van der Waals surface area contributed by atoms with Crippen molar-refractivity contribution >= 4 is 23.8 Å². The Morgan fingerprint density at radius 1 is 0.886 bits per heavy atom. The van der Waals surface area contributed by atoms with Gasteiger partial charge in [0.1, 0.15) is 6.29 Å². The lowest BCUT2D eigenvalue weighted by Crippen LogP contribution is -2.50. The van der Waals surface area contributed by atoms with E-state index >= 15 is 0 Å². The first kappa shape index (κ1) is 37.3. The molecule has 1 saturated heterocycles. The summed E-state index contributed by atoms with van der Waals surface area (Å²) in [6.45, 7) is 33.9. The first-order valence-electron chi connectivity index (χ1n) is 16.7. The number of rotatable bonds is 13. The molecule has 1 fully saturated rings. The number of hydrogen-bond donors (Lipinski definition) is 2. The largest absolute Gasteiger partial charge is 0.465 e. The molecule has 1 aliphatic heterocycles. The first-order chi connectivity index (χ1) is 20.0. The maximum atomic E-state index is 6.83. The summed E-state index contributed by atoms with van der Waals surface area (Å²) in [6, 6.07) is 8.82. The molecule has 0 saturated carbocycles. The van der Waals surface area contributed by atoms with Gasteiger partial charge in [0.05, 0.1) is 11.2 Å². The standard InChI is InChI=1S/C35H63BN2O4Si2/c1-32(2,3)43(11,12)39-31(40-44(13,14)33(4,5)6)22-23-37-25-27-16-15-17-28(24-27)26-38-30-20-18-29(19-21-30)36-41-34(7,8)35(9,10)42-36/h15-18,20-21,24,29,31,37-38H,19,22-23,25-26H2,1-14H3. The average Bonchev–Trinajstić information content (AvgIpc) is 3.10. The van der Waals surface area contributed by atoms with Crippen LogP contribution >= 0.6 is 0 Å². The zero-order chi connectivity index (χ0) is 33.2. The molecule has 44 heavy (non-hydrogen) atoms. The highest BCUT2D eigenvalue weighted by atomic mass is 28.4. The minimum Gasteiger partial charge on any atom is -0.403 e. The van der Waals surface area contributed by atoms with E-state index in [2.05, 4.69) is 149 Å². The fourth-order valence-corrected chi connectivity index (χ4v) is 7.14. The normalized spacial score (nSPS) is 20.8. The quantitative estimate of drug-likeness (QED) is 0.127. The second kappa shape index (κ2) is 13.9. The summed E-state index contributed by atoms with van der Waals surface area (Å²) in [6.07, 6.45) is 8.21. The van der Waals surface area contributed by atoms with Crippen molar-refractivity contribution in [2.24, 2.45) is 0 Å². The van der Waals surface area contributed by atoms with E-state index in [0.717, 1.165) is 38.2 Å². The maximum absolute atomic E-state index is 6.83. The van der Waals surface area contributed by atoms with Gasteiger partial charge in [0.2, 0.25) is 0 Å². The molecule has 0 radical (unpaired) electrons. The van der Waals surface area contributed by atoms with Crippen LogP contribution < -0.4 is 10.6 Å². The number of hydrogen-bond acceptors (Lipinski definition) is 6. The second-order valence-electron chi connectivity index (χ2n) is 16.9. The van der Waals surface area contributed by atoms with Gasteiger partial charge in [0.25, 0.3) is 0 Å². The lowest BCUT2D eigenvalue weighted by atomic mass is 9.68. The molecule has 9 heteroatoms. The average molecular weight is 643 g/mol. The lowest BCUT2D eigenvalue weighted by molar-refractivity contribution is -0.0220. The number of nitrogens with one attached hydrogen (secondary N) is 2. The van der Waals surface area contributed by atoms with Crippen LogP contribution in [0.2, 0.25) is 42.1 Å². The van der Waals surface area contributed by atoms with Gasteiger partial charge >= 0.3 is 7.12 Å². The topological polar surface area (TPSA) is 61.0 Å². The Hall–Kier alpha value is -1.20. The van der Waals surface area contributed by atoms with Crippen molar-refractivity contribution < 1.29 is 18.2 Å². The van der Waals surface area contributed by atoms with Crippen molar-refractivity contribution in [3.05, 3.63) is 59.3 Å². The fourth-order valence-electron chi connectivity index (χ4n) is 4.69. The van der Waals surface area contributed by atoms with Crippen molar-refractivity contribution in [2.75, 3.05) is 6.54 Å². The Morgan fingerprint density at radius 3 is 1.89 bits per heavy atom. The van der Waals surface area contributed by atoms with Crippen LogP contribution in [-0.2, 0) is 31.3 Å². The summed E-state index contributed by atoms with van der Waals surface area (Å²) in [7, 11) is -4.13. The van der Waals surface area contributed by atoms with Gasteiger partial charge < -0.3 is 28.8 Å². The van der Waals surface area contributed by atoms with Gasteiger partial charge in [-0.25, -0.2) is 0 Å². The van der Waals surface area contributed by atoms with E-state index in [0.29, 0.717) is 0 Å². The highest BCUT2D eigenvalue weighted by Crippen LogP contribution is 2.43. The Kier molecular flexibility index (Phi) is 11.8. The van der Waals surface area contributed by atoms with Crippen molar-refractivity contribution in [2.45, 2.75) is 155 Å². The molecule has 1 aromatic rings. The summed E-state index contributed by atoms with van der Waals surface area (Å²) in [5, 5.41) is 7.55. The molecule has 1 unspecified atom stereocenters. The Morgan fingerprint density at radius 2 is 1.41 bits per heavy atom. The lowest BCUT2D eigenvalue weighted by Gasteiger charge is -2.44. The molecule has 1 atom stereocenters. The minimum absolute atomic E-state index is 0.141. The molecule has 0 amide bonds. The van der Waals surface area contributed by atoms with Gasteiger partial charge in [-0.05, 0) is 87.6 Å². The third-order valence-corrected chi connectivity index (χ3v) is 19.5. The van der Waals surface area contributed by atoms with E-state index < -0.39 is 16.6 Å². The molecule has 3 rings (SSSR count). The summed E-state index contributed by atoms with van der Waals surface area (Å²) >= 11 is 0. The molecule has 1 heterocycles. The minimum atomic E-state index is -1.96. The zero-order valence-electron chi connectivity index (χ0n) is 30.4. The summed E-state index contributed by atoms with van der Waals surface area (Å²) in [5.41, 5.74) is 3.10. The van der Waals surface area contributed by atoms with Gasteiger partial charge in [0.15, 0.2) is 16.6 Å². The molecule has 0 spiro atoms. The van der Waals surface area contributed by atoms with Gasteiger partial charge in [-0.15, -0.1) is 0 Å². The first-order valence-corrected chi connectivity index (χ1v) is 22.5. The Bertz CT molecular complexity index is 1120. The van der Waals surface area contributed by atoms with Crippen LogP contribution in [0, 0.1) is 0 Å². The highest BCUT2D eigenvalue weighted by Gasteiger charge is 2.53. The number of allylic oxidation sites excluding steroid dienone is 3. The molecular weight excluding hydrogens is 579 g/mol. The van der Waals surface area contributed by atoms with Crippen LogP contribution in [-0.4, -0.2) is 47.8 Å². The summed E-state index contributed by atoms with van der Waals surface area (Å²) in [4.78, 5) is 0. The summed E-state index contributed by atoms with van der Waals surface area (Å²) < 4.78 is 26.2. The van der Waals surface area contributed by atoms with E-state index in [4.69, 9.17) is 18.2 Å². The molecule has 2 N–H and O–H groups in total. The highest BCUT2D eigenvalue weighted by molar-refractivity contribution is 6.75. The van der Waals surface area contributed by atoms with E-state index in [9.17, 15) is 0 Å². The molecule has 248 valence electrons. The van der Waals surface area contributed by atoms with E-state index in [-0.39, 0.29) is 40.5 Å². The van der Waals surface area contributed by atoms with Crippen LogP contribution in [0.1, 0.15) is 93.2 Å². The smallest absolute Gasteiger partial charge is 0.403 e. The predicted molar refractivity (Wildman–Crippen MR) is 192 cm³/mol. The Labute approximate surface area is 272 Å². The van der Waals surface area contributed by atoms with E-state index in [1.165, 1.54) is 11.1 Å². The maximum Gasteiger partial charge on any atom is 0.465 e. The van der Waals surface area contributed by atoms with Crippen LogP contribution in [0.15, 0.2) is 48.2 Å². The van der Waals surface area contributed by atoms with Crippen molar-refractivity contribution in [1.29, 1.82) is 0 Å². The molecule has 0 aromatic heterocycles. The van der Waals surface area contributed by atoms with Gasteiger partial charge in [-0.3, -0.25) is 0 Å². The van der Waals surface area contributed by atoms with Crippen molar-refractivity contribution in [3.63, 3.8) is 0 Å². The molecule has 6 nitrogen and oxygen atoms in total. The molecular formula is C35H63BN2O4Si2. The van der Waals surface area contributed by atoms with E-state index in [1.807, 2.05) is 0 Å². The zero-order valence-corrected chi connectivity index (χ0v) is 32.4. The van der Waals surface area contributed by atoms with Crippen LogP contribution in [0.25, 0.3) is 0 Å². The van der Waals surface area contributed by atoms with Crippen LogP contribution in [0.4, 0.5) is 0 Å². The summed E-state index contributed by atoms with van der Waals surface area (Å²) in [5.74, 6) is 0.232. The van der Waals surface area contributed by atoms with Crippen molar-refractivity contribution in [3.8, 4) is 0 Å². The molecule has 1 aliphatic carbocycles. The third-order valence-electron chi connectivity index (χ3n) is 10.6. The van der Waals surface area contributed by atoms with Gasteiger partial charge in [0, 0.05) is 37.6 Å². The molecule has 1 aromatic carbocycles.